The number of nitrogens with zero attached hydrogens (tertiary/aromatic N) is 1. The van der Waals surface area contributed by atoms with E-state index >= 15 is 0 Å². The fourth-order valence-corrected chi connectivity index (χ4v) is 1.87. The zero-order chi connectivity index (χ0) is 12.3. The first-order valence-electron chi connectivity index (χ1n) is 6.54. The van der Waals surface area contributed by atoms with Gasteiger partial charge in [-0.2, -0.15) is 0 Å². The van der Waals surface area contributed by atoms with Crippen molar-refractivity contribution in [2.45, 2.75) is 19.3 Å². The minimum Gasteiger partial charge on any atom is -0.379 e. The summed E-state index contributed by atoms with van der Waals surface area (Å²) in [6.45, 7) is 6.48. The molecule has 0 atom stereocenters. The molecule has 7 heteroatoms. The molecule has 0 spiro atoms. The van der Waals surface area contributed by atoms with E-state index in [1.165, 1.54) is 0 Å². The van der Waals surface area contributed by atoms with Gasteiger partial charge in [0.15, 0.2) is 0 Å². The van der Waals surface area contributed by atoms with Gasteiger partial charge in [0, 0.05) is 26.1 Å². The van der Waals surface area contributed by atoms with Crippen LogP contribution in [0.15, 0.2) is 0 Å². The molecule has 1 rings (SSSR count). The lowest BCUT2D eigenvalue weighted by Crippen LogP contribution is -2.38. The molecule has 116 valence electrons. The standard InChI is InChI=1S/C12H25N3O2.2ClH/c1-13-5-2-4-12(16)14-6-3-7-15-8-10-17-11-9-15;;/h13H,2-11H2,1H3,(H,14,16);2*1H. The Morgan fingerprint density at radius 1 is 1.16 bits per heavy atom. The normalized spacial score (nSPS) is 15.2. The lowest BCUT2D eigenvalue weighted by molar-refractivity contribution is -0.121. The Kier molecular flexibility index (Phi) is 16.0. The monoisotopic (exact) mass is 315 g/mol. The second kappa shape index (κ2) is 14.3. The Morgan fingerprint density at radius 3 is 2.47 bits per heavy atom. The van der Waals surface area contributed by atoms with Crippen LogP contribution in [0.1, 0.15) is 19.3 Å². The maximum atomic E-state index is 11.4. The highest BCUT2D eigenvalue weighted by Crippen LogP contribution is 1.97. The molecule has 0 aromatic carbocycles. The second-order valence-electron chi connectivity index (χ2n) is 4.36. The fraction of sp³-hybridized carbons (Fsp3) is 0.917. The molecule has 2 N–H and O–H groups in total. The number of ether oxygens (including phenoxy) is 1. The zero-order valence-electron chi connectivity index (χ0n) is 11.7. The third-order valence-corrected chi connectivity index (χ3v) is 2.91. The number of halogens is 2. The van der Waals surface area contributed by atoms with Crippen LogP contribution in [-0.2, 0) is 9.53 Å². The fourth-order valence-electron chi connectivity index (χ4n) is 1.87. The molecule has 19 heavy (non-hydrogen) atoms. The van der Waals surface area contributed by atoms with Crippen molar-refractivity contribution >= 4 is 30.7 Å². The number of nitrogens with one attached hydrogen (secondary N) is 2. The van der Waals surface area contributed by atoms with Crippen LogP contribution in [0.25, 0.3) is 0 Å². The van der Waals surface area contributed by atoms with E-state index in [-0.39, 0.29) is 30.7 Å². The highest BCUT2D eigenvalue weighted by atomic mass is 35.5. The molecule has 0 aromatic heterocycles. The number of hydrogen-bond donors (Lipinski definition) is 2. The van der Waals surface area contributed by atoms with Crippen LogP contribution < -0.4 is 10.6 Å². The van der Waals surface area contributed by atoms with Gasteiger partial charge in [-0.3, -0.25) is 9.69 Å². The Bertz CT molecular complexity index is 215. The van der Waals surface area contributed by atoms with Gasteiger partial charge in [0.1, 0.15) is 0 Å². The number of rotatable bonds is 8. The molecular weight excluding hydrogens is 289 g/mol. The zero-order valence-corrected chi connectivity index (χ0v) is 13.3. The van der Waals surface area contributed by atoms with E-state index in [2.05, 4.69) is 15.5 Å². The summed E-state index contributed by atoms with van der Waals surface area (Å²) in [5.41, 5.74) is 0. The van der Waals surface area contributed by atoms with Gasteiger partial charge in [0.2, 0.25) is 5.91 Å². The Balaban J connectivity index is 0. The molecule has 1 aliphatic heterocycles. The van der Waals surface area contributed by atoms with E-state index in [0.717, 1.165) is 58.8 Å². The van der Waals surface area contributed by atoms with Crippen molar-refractivity contribution in [3.8, 4) is 0 Å². The van der Waals surface area contributed by atoms with E-state index in [0.29, 0.717) is 6.42 Å². The summed E-state index contributed by atoms with van der Waals surface area (Å²) >= 11 is 0. The highest BCUT2D eigenvalue weighted by molar-refractivity contribution is 5.85. The quantitative estimate of drug-likeness (QED) is 0.646. The van der Waals surface area contributed by atoms with Crippen molar-refractivity contribution < 1.29 is 9.53 Å². The van der Waals surface area contributed by atoms with Gasteiger partial charge in [0.05, 0.1) is 13.2 Å². The van der Waals surface area contributed by atoms with Gasteiger partial charge in [-0.1, -0.05) is 0 Å². The smallest absolute Gasteiger partial charge is 0.220 e. The molecule has 1 fully saturated rings. The van der Waals surface area contributed by atoms with Crippen LogP contribution in [0.5, 0.6) is 0 Å². The third-order valence-electron chi connectivity index (χ3n) is 2.91. The number of hydrogen-bond acceptors (Lipinski definition) is 4. The van der Waals surface area contributed by atoms with Crippen LogP contribution in [-0.4, -0.2) is 63.8 Å². The lowest BCUT2D eigenvalue weighted by Gasteiger charge is -2.26. The summed E-state index contributed by atoms with van der Waals surface area (Å²) in [5, 5.41) is 5.99. The number of morpholine rings is 1. The predicted octanol–water partition coefficient (Wildman–Crippen LogP) is 0.668. The molecule has 0 saturated carbocycles. The van der Waals surface area contributed by atoms with Gasteiger partial charge in [-0.05, 0) is 33.0 Å². The number of carbonyl (C=O) groups is 1. The first kappa shape index (κ1) is 21.2. The molecule has 1 amide bonds. The minimum absolute atomic E-state index is 0. The van der Waals surface area contributed by atoms with Gasteiger partial charge in [0.25, 0.3) is 0 Å². The van der Waals surface area contributed by atoms with Gasteiger partial charge in [-0.25, -0.2) is 0 Å². The Labute approximate surface area is 128 Å². The maximum Gasteiger partial charge on any atom is 0.220 e. The van der Waals surface area contributed by atoms with Crippen LogP contribution in [0.4, 0.5) is 0 Å². The van der Waals surface area contributed by atoms with Crippen molar-refractivity contribution in [3.05, 3.63) is 0 Å². The first-order valence-corrected chi connectivity index (χ1v) is 6.54. The van der Waals surface area contributed by atoms with E-state index in [1.807, 2.05) is 7.05 Å². The summed E-state index contributed by atoms with van der Waals surface area (Å²) in [4.78, 5) is 13.8. The SMILES string of the molecule is CNCCCC(=O)NCCCN1CCOCC1.Cl.Cl. The van der Waals surface area contributed by atoms with Crippen molar-refractivity contribution in [3.63, 3.8) is 0 Å². The van der Waals surface area contributed by atoms with E-state index in [1.54, 1.807) is 0 Å². The van der Waals surface area contributed by atoms with Crippen molar-refractivity contribution in [2.24, 2.45) is 0 Å². The van der Waals surface area contributed by atoms with Gasteiger partial charge >= 0.3 is 0 Å². The van der Waals surface area contributed by atoms with Crippen molar-refractivity contribution in [1.82, 2.24) is 15.5 Å². The average Bonchev–Trinajstić information content (AvgIpc) is 2.36. The lowest BCUT2D eigenvalue weighted by atomic mass is 10.3. The van der Waals surface area contributed by atoms with Crippen LogP contribution >= 0.6 is 24.8 Å². The molecule has 0 aliphatic carbocycles. The molecule has 0 aromatic rings. The molecule has 0 radical (unpaired) electrons. The number of amides is 1. The first-order chi connectivity index (χ1) is 8.33. The molecule has 1 aliphatic rings. The van der Waals surface area contributed by atoms with Gasteiger partial charge < -0.3 is 15.4 Å². The minimum atomic E-state index is 0. The maximum absolute atomic E-state index is 11.4. The molecular formula is C12H27Cl2N3O2. The summed E-state index contributed by atoms with van der Waals surface area (Å²) in [7, 11) is 1.90. The Hall–Kier alpha value is -0.0700. The van der Waals surface area contributed by atoms with Crippen LogP contribution in [0.3, 0.4) is 0 Å². The molecule has 5 nitrogen and oxygen atoms in total. The topological polar surface area (TPSA) is 53.6 Å². The van der Waals surface area contributed by atoms with E-state index in [4.69, 9.17) is 4.74 Å². The summed E-state index contributed by atoms with van der Waals surface area (Å²) < 4.78 is 5.28. The summed E-state index contributed by atoms with van der Waals surface area (Å²) in [6, 6.07) is 0. The van der Waals surface area contributed by atoms with Crippen molar-refractivity contribution in [2.75, 3.05) is 53.0 Å². The summed E-state index contributed by atoms with van der Waals surface area (Å²) in [5.74, 6) is 0.169. The number of carbonyl (C=O) groups excluding carboxylic acids is 1. The predicted molar refractivity (Wildman–Crippen MR) is 82.5 cm³/mol. The molecule has 1 heterocycles. The van der Waals surface area contributed by atoms with E-state index in [9.17, 15) is 4.79 Å². The van der Waals surface area contributed by atoms with Crippen molar-refractivity contribution in [1.29, 1.82) is 0 Å². The van der Waals surface area contributed by atoms with Crippen LogP contribution in [0, 0.1) is 0 Å². The molecule has 1 saturated heterocycles. The highest BCUT2D eigenvalue weighted by Gasteiger charge is 2.09. The molecule has 0 unspecified atom stereocenters. The largest absolute Gasteiger partial charge is 0.379 e. The summed E-state index contributed by atoms with van der Waals surface area (Å²) in [6.07, 6.45) is 2.56. The Morgan fingerprint density at radius 2 is 1.84 bits per heavy atom. The molecule has 0 bridgehead atoms. The third kappa shape index (κ3) is 11.5. The van der Waals surface area contributed by atoms with E-state index < -0.39 is 0 Å². The second-order valence-corrected chi connectivity index (χ2v) is 4.36. The van der Waals surface area contributed by atoms with Crippen LogP contribution in [0.2, 0.25) is 0 Å². The van der Waals surface area contributed by atoms with Gasteiger partial charge in [-0.15, -0.1) is 24.8 Å². The average molecular weight is 316 g/mol.